The summed E-state index contributed by atoms with van der Waals surface area (Å²) in [7, 11) is 0. The Morgan fingerprint density at radius 3 is 1.15 bits per heavy atom. The zero-order valence-corrected chi connectivity index (χ0v) is 46.4. The fraction of sp³-hybridized carbons (Fsp3) is 0.260. The van der Waals surface area contributed by atoms with Crippen molar-refractivity contribution in [2.75, 3.05) is 9.80 Å². The van der Waals surface area contributed by atoms with Crippen LogP contribution in [0.3, 0.4) is 0 Å². The van der Waals surface area contributed by atoms with Crippen molar-refractivity contribution >= 4 is 51.0 Å². The molecule has 0 heterocycles. The molecule has 0 unspecified atom stereocenters. The molecule has 0 atom stereocenters. The summed E-state index contributed by atoms with van der Waals surface area (Å²) < 4.78 is 0. The van der Waals surface area contributed by atoms with Crippen LogP contribution in [0.1, 0.15) is 145 Å². The van der Waals surface area contributed by atoms with Crippen molar-refractivity contribution in [3.05, 3.63) is 256 Å². The lowest BCUT2D eigenvalue weighted by molar-refractivity contribution is 0.590. The molecule has 2 aliphatic carbocycles. The van der Waals surface area contributed by atoms with E-state index in [9.17, 15) is 0 Å². The van der Waals surface area contributed by atoms with Crippen LogP contribution in [0.25, 0.3) is 28.0 Å². The highest BCUT2D eigenvalue weighted by atomic mass is 15.1. The zero-order chi connectivity index (χ0) is 52.7. The van der Waals surface area contributed by atoms with Crippen LogP contribution in [-0.2, 0) is 33.5 Å². The van der Waals surface area contributed by atoms with Gasteiger partial charge in [0.25, 0.3) is 0 Å². The number of benzene rings is 9. The van der Waals surface area contributed by atoms with Gasteiger partial charge < -0.3 is 9.80 Å². The molecular formula is C73H74N2. The van der Waals surface area contributed by atoms with E-state index in [2.05, 4.69) is 299 Å². The molecule has 376 valence electrons. The molecule has 0 spiro atoms. The molecule has 75 heavy (non-hydrogen) atoms. The Bertz CT molecular complexity index is 3420. The third kappa shape index (κ3) is 8.81. The third-order valence-corrected chi connectivity index (χ3v) is 16.2. The highest BCUT2D eigenvalue weighted by Gasteiger charge is 2.49. The van der Waals surface area contributed by atoms with E-state index < -0.39 is 5.41 Å². The first-order valence-electron chi connectivity index (χ1n) is 27.3. The van der Waals surface area contributed by atoms with Gasteiger partial charge in [-0.2, -0.15) is 0 Å². The summed E-state index contributed by atoms with van der Waals surface area (Å²) in [4.78, 5) is 4.94. The van der Waals surface area contributed by atoms with E-state index in [1.54, 1.807) is 0 Å². The van der Waals surface area contributed by atoms with E-state index in [1.165, 1.54) is 77.5 Å². The predicted molar refractivity (Wildman–Crippen MR) is 323 cm³/mol. The van der Waals surface area contributed by atoms with Crippen molar-refractivity contribution in [1.29, 1.82) is 0 Å². The quantitative estimate of drug-likeness (QED) is 0.150. The maximum Gasteiger partial charge on any atom is 0.0720 e. The van der Waals surface area contributed by atoms with Crippen molar-refractivity contribution in [3.8, 4) is 11.1 Å². The Kier molecular flexibility index (Phi) is 12.2. The smallest absolute Gasteiger partial charge is 0.0720 e. The minimum Gasteiger partial charge on any atom is -0.310 e. The summed E-state index contributed by atoms with van der Waals surface area (Å²) in [5.74, 6) is 0. The minimum atomic E-state index is -0.651. The zero-order valence-electron chi connectivity index (χ0n) is 46.4. The van der Waals surface area contributed by atoms with Gasteiger partial charge in [-0.05, 0) is 185 Å². The van der Waals surface area contributed by atoms with Crippen molar-refractivity contribution in [2.45, 2.75) is 123 Å². The van der Waals surface area contributed by atoms with Crippen LogP contribution in [0.5, 0.6) is 0 Å². The van der Waals surface area contributed by atoms with E-state index >= 15 is 0 Å². The maximum absolute atomic E-state index is 2.54. The van der Waals surface area contributed by atoms with Crippen molar-refractivity contribution in [1.82, 2.24) is 0 Å². The van der Waals surface area contributed by atoms with Gasteiger partial charge in [0.15, 0.2) is 0 Å². The molecule has 0 saturated carbocycles. The van der Waals surface area contributed by atoms with E-state index in [4.69, 9.17) is 0 Å². The van der Waals surface area contributed by atoms with Gasteiger partial charge in [0, 0.05) is 34.1 Å². The van der Waals surface area contributed by atoms with Crippen LogP contribution in [0.2, 0.25) is 0 Å². The second-order valence-corrected chi connectivity index (χ2v) is 25.4. The molecule has 9 aromatic rings. The average Bonchev–Trinajstić information content (AvgIpc) is 3.73. The highest BCUT2D eigenvalue weighted by Crippen LogP contribution is 2.61. The lowest BCUT2D eigenvalue weighted by Crippen LogP contribution is -2.29. The SMILES string of the molecule is CC(C)(C)c1ccc(N(c2ccc(C(C)(C)C)cc2)c2ccc3c(c2)C(c2ccccc2)(c2ccccc2)c2c-3c3c(c4cc(N(c5ccc(C(C)(C)C)cc5)c5ccc(C(C)(C)C)cc5)ccc24)C=CCC3)cc1. The number of rotatable bonds is 8. The van der Waals surface area contributed by atoms with Gasteiger partial charge in [-0.25, -0.2) is 0 Å². The Hall–Kier alpha value is -7.42. The lowest BCUT2D eigenvalue weighted by Gasteiger charge is -2.36. The summed E-state index contributed by atoms with van der Waals surface area (Å²) in [6, 6.07) is 74.5. The molecule has 0 aromatic heterocycles. The van der Waals surface area contributed by atoms with E-state index in [0.717, 1.165) is 47.0 Å². The fourth-order valence-corrected chi connectivity index (χ4v) is 12.1. The van der Waals surface area contributed by atoms with Gasteiger partial charge in [-0.1, -0.05) is 217 Å². The van der Waals surface area contributed by atoms with Crippen LogP contribution < -0.4 is 9.80 Å². The topological polar surface area (TPSA) is 6.48 Å². The molecule has 0 radical (unpaired) electrons. The molecule has 0 fully saturated rings. The fourth-order valence-electron chi connectivity index (χ4n) is 12.1. The van der Waals surface area contributed by atoms with Crippen LogP contribution in [-0.4, -0.2) is 0 Å². The Morgan fingerprint density at radius 2 is 0.747 bits per heavy atom. The summed E-state index contributed by atoms with van der Waals surface area (Å²) in [5, 5.41) is 2.56. The molecule has 0 N–H and O–H groups in total. The standard InChI is InChI=1S/C73H74N2/c1-69(2,3)49-27-35-55(36-28-49)74(56-37-29-50(30-38-56)70(4,5)6)59-43-45-63-65(47-59)61-25-19-20-26-62(61)67-64-46-44-60(48-66(64)73(68(63)67,53-21-15-13-16-22-53)54-23-17-14-18-24-54)75(57-39-31-51(32-40-57)71(7,8)9)58-41-33-52(34-42-58)72(10,11)12/h13-19,21-25,27-48H,20,26H2,1-12H3. The number of allylic oxidation sites excluding steroid dienone is 1. The normalized spacial score (nSPS) is 14.1. The van der Waals surface area contributed by atoms with Crippen LogP contribution in [0.15, 0.2) is 200 Å². The first-order valence-corrected chi connectivity index (χ1v) is 27.3. The Morgan fingerprint density at radius 1 is 0.373 bits per heavy atom. The number of anilines is 6. The highest BCUT2D eigenvalue weighted by molar-refractivity contribution is 6.08. The summed E-state index contributed by atoms with van der Waals surface area (Å²) in [5.41, 5.74) is 22.3. The third-order valence-electron chi connectivity index (χ3n) is 16.2. The number of fused-ring (bicyclic) bond motifs is 8. The van der Waals surface area contributed by atoms with Gasteiger partial charge in [-0.3, -0.25) is 0 Å². The average molecular weight is 979 g/mol. The number of nitrogens with zero attached hydrogens (tertiary/aromatic N) is 2. The van der Waals surface area contributed by atoms with Crippen molar-refractivity contribution in [3.63, 3.8) is 0 Å². The maximum atomic E-state index is 2.54. The summed E-state index contributed by atoms with van der Waals surface area (Å²) in [6.45, 7) is 27.5. The molecule has 0 amide bonds. The molecule has 2 heteroatoms. The first kappa shape index (κ1) is 49.8. The Labute approximate surface area is 448 Å². The molecule has 11 rings (SSSR count). The van der Waals surface area contributed by atoms with E-state index in [0.29, 0.717) is 0 Å². The van der Waals surface area contributed by atoms with Gasteiger partial charge >= 0.3 is 0 Å². The van der Waals surface area contributed by atoms with Crippen LogP contribution >= 0.6 is 0 Å². The van der Waals surface area contributed by atoms with Gasteiger partial charge in [0.05, 0.1) is 5.41 Å². The van der Waals surface area contributed by atoms with Crippen molar-refractivity contribution < 1.29 is 0 Å². The molecule has 0 aliphatic heterocycles. The Balaban J connectivity index is 1.19. The predicted octanol–water partition coefficient (Wildman–Crippen LogP) is 20.3. The molecule has 2 aliphatic rings. The van der Waals surface area contributed by atoms with Crippen molar-refractivity contribution in [2.24, 2.45) is 0 Å². The van der Waals surface area contributed by atoms with Gasteiger partial charge in [0.2, 0.25) is 0 Å². The van der Waals surface area contributed by atoms with Gasteiger partial charge in [-0.15, -0.1) is 0 Å². The van der Waals surface area contributed by atoms with E-state index in [-0.39, 0.29) is 21.7 Å². The number of hydrogen-bond donors (Lipinski definition) is 0. The van der Waals surface area contributed by atoms with Gasteiger partial charge in [0.1, 0.15) is 0 Å². The second-order valence-electron chi connectivity index (χ2n) is 25.4. The summed E-state index contributed by atoms with van der Waals surface area (Å²) >= 11 is 0. The first-order chi connectivity index (χ1) is 35.7. The molecule has 0 saturated heterocycles. The molecule has 0 bridgehead atoms. The molecule has 2 nitrogen and oxygen atoms in total. The number of hydrogen-bond acceptors (Lipinski definition) is 2. The monoisotopic (exact) mass is 979 g/mol. The molecular weight excluding hydrogens is 905 g/mol. The second kappa shape index (κ2) is 18.4. The van der Waals surface area contributed by atoms with Crippen LogP contribution in [0, 0.1) is 0 Å². The lowest BCUT2D eigenvalue weighted by atomic mass is 9.66. The molecule has 9 aromatic carbocycles. The van der Waals surface area contributed by atoms with Crippen LogP contribution in [0.4, 0.5) is 34.1 Å². The largest absolute Gasteiger partial charge is 0.310 e. The van der Waals surface area contributed by atoms with E-state index in [1.807, 2.05) is 0 Å². The minimum absolute atomic E-state index is 0.0353. The summed E-state index contributed by atoms with van der Waals surface area (Å²) in [6.07, 6.45) is 6.78.